The molecule has 0 amide bonds. The predicted molar refractivity (Wildman–Crippen MR) is 73.1 cm³/mol. The highest BCUT2D eigenvalue weighted by Crippen LogP contribution is 2.29. The Morgan fingerprint density at radius 3 is 2.41 bits per heavy atom. The van der Waals surface area contributed by atoms with Crippen LogP contribution in [0.5, 0.6) is 0 Å². The molecule has 1 aromatic carbocycles. The second-order valence-electron chi connectivity index (χ2n) is 5.51. The van der Waals surface area contributed by atoms with E-state index in [1.165, 1.54) is 29.5 Å². The Balaban J connectivity index is 2.34. The molecular formula is C15H24N2. The third-order valence-electron chi connectivity index (χ3n) is 3.76. The number of rotatable bonds is 1. The average Bonchev–Trinajstić information content (AvgIpc) is 2.38. The van der Waals surface area contributed by atoms with E-state index in [1.807, 2.05) is 0 Å². The number of benzene rings is 1. The van der Waals surface area contributed by atoms with E-state index in [2.05, 4.69) is 44.0 Å². The number of aryl methyl sites for hydroxylation is 2. The van der Waals surface area contributed by atoms with Crippen molar-refractivity contribution in [2.45, 2.75) is 45.2 Å². The first-order valence-corrected chi connectivity index (χ1v) is 6.62. The number of nitrogens with zero attached hydrogens (tertiary/aromatic N) is 1. The zero-order valence-electron chi connectivity index (χ0n) is 11.2. The number of hydrogen-bond donors (Lipinski definition) is 1. The monoisotopic (exact) mass is 232 g/mol. The van der Waals surface area contributed by atoms with Crippen LogP contribution >= 0.6 is 0 Å². The molecule has 2 heteroatoms. The molecule has 0 spiro atoms. The summed E-state index contributed by atoms with van der Waals surface area (Å²) >= 11 is 0. The number of hydrogen-bond acceptors (Lipinski definition) is 2. The quantitative estimate of drug-likeness (QED) is 0.806. The molecule has 0 aliphatic carbocycles. The van der Waals surface area contributed by atoms with Crippen LogP contribution in [-0.2, 0) is 0 Å². The van der Waals surface area contributed by atoms with Gasteiger partial charge >= 0.3 is 0 Å². The van der Waals surface area contributed by atoms with E-state index in [-0.39, 0.29) is 6.04 Å². The Morgan fingerprint density at radius 1 is 1.12 bits per heavy atom. The summed E-state index contributed by atoms with van der Waals surface area (Å²) in [7, 11) is 2.20. The van der Waals surface area contributed by atoms with Crippen molar-refractivity contribution in [3.05, 3.63) is 34.9 Å². The highest BCUT2D eigenvalue weighted by molar-refractivity contribution is 5.31. The Kier molecular flexibility index (Phi) is 3.85. The molecule has 2 nitrogen and oxygen atoms in total. The molecule has 0 bridgehead atoms. The van der Waals surface area contributed by atoms with E-state index in [0.29, 0.717) is 6.04 Å². The summed E-state index contributed by atoms with van der Waals surface area (Å²) < 4.78 is 0. The van der Waals surface area contributed by atoms with Gasteiger partial charge in [0, 0.05) is 12.1 Å². The van der Waals surface area contributed by atoms with Crippen molar-refractivity contribution in [2.75, 3.05) is 13.6 Å². The van der Waals surface area contributed by atoms with Crippen molar-refractivity contribution < 1.29 is 0 Å². The lowest BCUT2D eigenvalue weighted by Crippen LogP contribution is -2.37. The smallest absolute Gasteiger partial charge is 0.0496 e. The van der Waals surface area contributed by atoms with E-state index in [4.69, 9.17) is 5.73 Å². The number of likely N-dealkylation sites (tertiary alicyclic amines) is 1. The molecule has 2 N–H and O–H groups in total. The standard InChI is InChI=1S/C15H24N2/c1-11-8-12(2)10-13(9-11)15-14(16)6-4-5-7-17(15)3/h8-10,14-15H,4-7,16H2,1-3H3. The Morgan fingerprint density at radius 2 is 1.76 bits per heavy atom. The minimum absolute atomic E-state index is 0.267. The fraction of sp³-hybridized carbons (Fsp3) is 0.600. The summed E-state index contributed by atoms with van der Waals surface area (Å²) in [6.07, 6.45) is 3.67. The van der Waals surface area contributed by atoms with Gasteiger partial charge in [-0.05, 0) is 45.8 Å². The molecule has 1 heterocycles. The maximum absolute atomic E-state index is 6.36. The van der Waals surface area contributed by atoms with E-state index in [1.54, 1.807) is 0 Å². The molecule has 1 saturated heterocycles. The van der Waals surface area contributed by atoms with Gasteiger partial charge in [0.2, 0.25) is 0 Å². The van der Waals surface area contributed by atoms with Gasteiger partial charge in [0.25, 0.3) is 0 Å². The molecule has 0 radical (unpaired) electrons. The van der Waals surface area contributed by atoms with E-state index < -0.39 is 0 Å². The van der Waals surface area contributed by atoms with E-state index in [0.717, 1.165) is 13.0 Å². The fourth-order valence-corrected chi connectivity index (χ4v) is 3.05. The molecule has 2 rings (SSSR count). The van der Waals surface area contributed by atoms with Gasteiger partial charge in [-0.3, -0.25) is 4.90 Å². The van der Waals surface area contributed by atoms with E-state index in [9.17, 15) is 0 Å². The van der Waals surface area contributed by atoms with Gasteiger partial charge in [-0.1, -0.05) is 35.7 Å². The van der Waals surface area contributed by atoms with Crippen LogP contribution in [0.2, 0.25) is 0 Å². The first-order chi connectivity index (χ1) is 8.08. The molecule has 2 atom stereocenters. The molecule has 0 saturated carbocycles. The van der Waals surface area contributed by atoms with Crippen LogP contribution in [0.3, 0.4) is 0 Å². The van der Waals surface area contributed by atoms with Crippen LogP contribution in [0.15, 0.2) is 18.2 Å². The molecule has 0 aromatic heterocycles. The van der Waals surface area contributed by atoms with Crippen molar-refractivity contribution in [2.24, 2.45) is 5.73 Å². The first kappa shape index (κ1) is 12.6. The Bertz CT molecular complexity index is 354. The summed E-state index contributed by atoms with van der Waals surface area (Å²) in [5, 5.41) is 0. The lowest BCUT2D eigenvalue weighted by molar-refractivity contribution is 0.230. The number of likely N-dealkylation sites (N-methyl/N-ethyl adjacent to an activating group) is 1. The van der Waals surface area contributed by atoms with Gasteiger partial charge in [-0.25, -0.2) is 0 Å². The highest BCUT2D eigenvalue weighted by atomic mass is 15.1. The summed E-state index contributed by atoms with van der Waals surface area (Å²) in [4.78, 5) is 2.42. The number of nitrogens with two attached hydrogens (primary N) is 1. The highest BCUT2D eigenvalue weighted by Gasteiger charge is 2.26. The molecule has 1 aliphatic rings. The summed E-state index contributed by atoms with van der Waals surface area (Å²) in [5.41, 5.74) is 10.4. The maximum atomic E-state index is 6.36. The second-order valence-corrected chi connectivity index (χ2v) is 5.51. The van der Waals surface area contributed by atoms with Crippen LogP contribution < -0.4 is 5.73 Å². The van der Waals surface area contributed by atoms with Gasteiger partial charge in [0.1, 0.15) is 0 Å². The van der Waals surface area contributed by atoms with Gasteiger partial charge in [0.15, 0.2) is 0 Å². The molecule has 1 aliphatic heterocycles. The zero-order valence-corrected chi connectivity index (χ0v) is 11.2. The Labute approximate surface area is 105 Å². The normalized spacial score (nSPS) is 26.8. The van der Waals surface area contributed by atoms with Crippen molar-refractivity contribution >= 4 is 0 Å². The van der Waals surface area contributed by atoms with Crippen molar-refractivity contribution in [1.82, 2.24) is 4.90 Å². The van der Waals surface area contributed by atoms with Crippen LogP contribution in [0.1, 0.15) is 42.0 Å². The lowest BCUT2D eigenvalue weighted by atomic mass is 9.94. The minimum atomic E-state index is 0.267. The molecule has 17 heavy (non-hydrogen) atoms. The van der Waals surface area contributed by atoms with Gasteiger partial charge in [0.05, 0.1) is 0 Å². The molecule has 94 valence electrons. The van der Waals surface area contributed by atoms with Crippen LogP contribution in [0, 0.1) is 13.8 Å². The fourth-order valence-electron chi connectivity index (χ4n) is 3.05. The van der Waals surface area contributed by atoms with Crippen LogP contribution in [0.4, 0.5) is 0 Å². The zero-order chi connectivity index (χ0) is 12.4. The van der Waals surface area contributed by atoms with Crippen molar-refractivity contribution in [3.8, 4) is 0 Å². The summed E-state index contributed by atoms with van der Waals surface area (Å²) in [6, 6.07) is 7.46. The van der Waals surface area contributed by atoms with Crippen LogP contribution in [-0.4, -0.2) is 24.5 Å². The van der Waals surface area contributed by atoms with Crippen LogP contribution in [0.25, 0.3) is 0 Å². The van der Waals surface area contributed by atoms with Crippen molar-refractivity contribution in [1.29, 1.82) is 0 Å². The largest absolute Gasteiger partial charge is 0.326 e. The summed E-state index contributed by atoms with van der Waals surface area (Å²) in [6.45, 7) is 5.49. The first-order valence-electron chi connectivity index (χ1n) is 6.62. The molecule has 1 fully saturated rings. The molecule has 1 aromatic rings. The van der Waals surface area contributed by atoms with Gasteiger partial charge < -0.3 is 5.73 Å². The third kappa shape index (κ3) is 2.88. The predicted octanol–water partition coefficient (Wildman–Crippen LogP) is 2.79. The van der Waals surface area contributed by atoms with Gasteiger partial charge in [-0.15, -0.1) is 0 Å². The van der Waals surface area contributed by atoms with Crippen molar-refractivity contribution in [3.63, 3.8) is 0 Å². The maximum Gasteiger partial charge on any atom is 0.0496 e. The second kappa shape index (κ2) is 5.19. The Hall–Kier alpha value is -0.860. The SMILES string of the molecule is Cc1cc(C)cc(C2C(N)CCCCN2C)c1. The van der Waals surface area contributed by atoms with E-state index >= 15 is 0 Å². The molecular weight excluding hydrogens is 208 g/mol. The summed E-state index contributed by atoms with van der Waals surface area (Å²) in [5.74, 6) is 0. The third-order valence-corrected chi connectivity index (χ3v) is 3.76. The average molecular weight is 232 g/mol. The minimum Gasteiger partial charge on any atom is -0.326 e. The van der Waals surface area contributed by atoms with Gasteiger partial charge in [-0.2, -0.15) is 0 Å². The lowest BCUT2D eigenvalue weighted by Gasteiger charge is -2.31. The topological polar surface area (TPSA) is 29.3 Å². The molecule has 2 unspecified atom stereocenters.